The third kappa shape index (κ3) is 4.45. The highest BCUT2D eigenvalue weighted by atomic mass is 35.5. The topological polar surface area (TPSA) is 54.0 Å². The van der Waals surface area contributed by atoms with Crippen LogP contribution in [0.5, 0.6) is 0 Å². The molecule has 0 aromatic carbocycles. The van der Waals surface area contributed by atoms with Crippen molar-refractivity contribution in [3.8, 4) is 0 Å². The van der Waals surface area contributed by atoms with Gasteiger partial charge < -0.3 is 14.4 Å². The lowest BCUT2D eigenvalue weighted by molar-refractivity contribution is 0.0834. The number of aromatic nitrogens is 2. The zero-order chi connectivity index (χ0) is 20.5. The molecule has 164 valence electrons. The Balaban J connectivity index is 1.25. The van der Waals surface area contributed by atoms with Crippen molar-refractivity contribution in [3.05, 3.63) is 16.2 Å². The maximum Gasteiger partial charge on any atom is 0.224 e. The molecule has 2 aromatic rings. The first-order valence-corrected chi connectivity index (χ1v) is 12.2. The smallest absolute Gasteiger partial charge is 0.224 e. The summed E-state index contributed by atoms with van der Waals surface area (Å²) in [6.45, 7) is 8.23. The SMILES string of the molecule is CN(C1CCN(Cc2cc3nc(Cl)nc(N4CCOCC4)c3s2)CC1)[C@@H]1CCOC1. The number of fused-ring (bicyclic) bond motifs is 1. The average Bonchev–Trinajstić information content (AvgIpc) is 3.44. The summed E-state index contributed by atoms with van der Waals surface area (Å²) >= 11 is 8.06. The summed E-state index contributed by atoms with van der Waals surface area (Å²) in [5.74, 6) is 0.962. The number of hydrogen-bond acceptors (Lipinski definition) is 8. The molecule has 3 aliphatic heterocycles. The number of hydrogen-bond donors (Lipinski definition) is 0. The van der Waals surface area contributed by atoms with Gasteiger partial charge in [-0.2, -0.15) is 4.98 Å². The van der Waals surface area contributed by atoms with Crippen molar-refractivity contribution in [2.45, 2.75) is 37.9 Å². The summed E-state index contributed by atoms with van der Waals surface area (Å²) in [5.41, 5.74) is 0.965. The van der Waals surface area contributed by atoms with E-state index < -0.39 is 0 Å². The van der Waals surface area contributed by atoms with Gasteiger partial charge in [0.15, 0.2) is 5.82 Å². The number of thiophene rings is 1. The van der Waals surface area contributed by atoms with Crippen molar-refractivity contribution in [2.75, 3.05) is 64.6 Å². The van der Waals surface area contributed by atoms with Crippen LogP contribution in [0.2, 0.25) is 5.28 Å². The minimum atomic E-state index is 0.327. The molecule has 9 heteroatoms. The number of morpholine rings is 1. The van der Waals surface area contributed by atoms with Crippen molar-refractivity contribution in [1.82, 2.24) is 19.8 Å². The normalized spacial score (nSPS) is 24.4. The minimum Gasteiger partial charge on any atom is -0.380 e. The Morgan fingerprint density at radius 3 is 2.60 bits per heavy atom. The fourth-order valence-corrected chi connectivity index (χ4v) is 6.18. The number of halogens is 1. The minimum absolute atomic E-state index is 0.327. The summed E-state index contributed by atoms with van der Waals surface area (Å²) in [7, 11) is 2.28. The van der Waals surface area contributed by atoms with Crippen LogP contribution in [-0.2, 0) is 16.0 Å². The van der Waals surface area contributed by atoms with Crippen LogP contribution in [0.1, 0.15) is 24.1 Å². The van der Waals surface area contributed by atoms with Gasteiger partial charge in [0.05, 0.1) is 30.0 Å². The highest BCUT2D eigenvalue weighted by molar-refractivity contribution is 7.19. The lowest BCUT2D eigenvalue weighted by Crippen LogP contribution is -2.47. The van der Waals surface area contributed by atoms with E-state index in [4.69, 9.17) is 21.1 Å². The van der Waals surface area contributed by atoms with E-state index in [1.54, 1.807) is 0 Å². The molecule has 3 saturated heterocycles. The van der Waals surface area contributed by atoms with Crippen LogP contribution < -0.4 is 4.90 Å². The molecule has 1 atom stereocenters. The second kappa shape index (κ2) is 9.22. The van der Waals surface area contributed by atoms with E-state index in [1.165, 1.54) is 24.1 Å². The summed E-state index contributed by atoms with van der Waals surface area (Å²) in [6, 6.07) is 3.48. The van der Waals surface area contributed by atoms with Crippen molar-refractivity contribution < 1.29 is 9.47 Å². The molecule has 0 amide bonds. The summed E-state index contributed by atoms with van der Waals surface area (Å²) in [6.07, 6.45) is 3.62. The standard InChI is InChI=1S/C21H30ClN5O2S/c1-25(16-4-9-29-14-16)15-2-5-26(6-3-15)13-17-12-18-19(30-17)20(24-21(22)23-18)27-7-10-28-11-8-27/h12,15-16H,2-11,13-14H2,1H3/t16-/m1/s1. The van der Waals surface area contributed by atoms with Gasteiger partial charge >= 0.3 is 0 Å². The lowest BCUT2D eigenvalue weighted by Gasteiger charge is -2.38. The molecule has 0 unspecified atom stereocenters. The summed E-state index contributed by atoms with van der Waals surface area (Å²) in [5, 5.41) is 0.327. The average molecular weight is 452 g/mol. The molecule has 5 heterocycles. The third-order valence-corrected chi connectivity index (χ3v) is 7.96. The van der Waals surface area contributed by atoms with Crippen molar-refractivity contribution in [2.24, 2.45) is 0 Å². The molecule has 3 fully saturated rings. The Bertz CT molecular complexity index is 860. The predicted octanol–water partition coefficient (Wildman–Crippen LogP) is 2.87. The third-order valence-electron chi connectivity index (χ3n) is 6.68. The molecule has 30 heavy (non-hydrogen) atoms. The van der Waals surface area contributed by atoms with Crippen LogP contribution in [0.4, 0.5) is 5.82 Å². The fraction of sp³-hybridized carbons (Fsp3) is 0.714. The molecule has 0 saturated carbocycles. The molecule has 2 aromatic heterocycles. The number of ether oxygens (including phenoxy) is 2. The number of likely N-dealkylation sites (tertiary alicyclic amines) is 1. The zero-order valence-corrected chi connectivity index (χ0v) is 19.1. The maximum atomic E-state index is 6.24. The summed E-state index contributed by atoms with van der Waals surface area (Å²) in [4.78, 5) is 17.8. The lowest BCUT2D eigenvalue weighted by atomic mass is 10.0. The van der Waals surface area contributed by atoms with E-state index in [-0.39, 0.29) is 0 Å². The highest BCUT2D eigenvalue weighted by Gasteiger charge is 2.29. The number of likely N-dealkylation sites (N-methyl/N-ethyl adjacent to an activating group) is 1. The first-order chi connectivity index (χ1) is 14.7. The number of anilines is 1. The molecule has 0 aliphatic carbocycles. The van der Waals surface area contributed by atoms with E-state index >= 15 is 0 Å². The van der Waals surface area contributed by atoms with Gasteiger partial charge in [-0.05, 0) is 44.0 Å². The molecular formula is C21H30ClN5O2S. The quantitative estimate of drug-likeness (QED) is 0.648. The van der Waals surface area contributed by atoms with Gasteiger partial charge in [-0.1, -0.05) is 0 Å². The van der Waals surface area contributed by atoms with E-state index in [1.807, 2.05) is 11.3 Å². The van der Waals surface area contributed by atoms with Crippen molar-refractivity contribution in [1.29, 1.82) is 0 Å². The molecule has 7 nitrogen and oxygen atoms in total. The Morgan fingerprint density at radius 1 is 1.07 bits per heavy atom. The molecule has 0 radical (unpaired) electrons. The van der Waals surface area contributed by atoms with Crippen LogP contribution in [0, 0.1) is 0 Å². The second-order valence-electron chi connectivity index (χ2n) is 8.53. The molecule has 5 rings (SSSR count). The van der Waals surface area contributed by atoms with E-state index in [2.05, 4.69) is 37.8 Å². The van der Waals surface area contributed by atoms with Gasteiger partial charge in [-0.3, -0.25) is 9.80 Å². The van der Waals surface area contributed by atoms with Crippen LogP contribution in [0.15, 0.2) is 6.07 Å². The highest BCUT2D eigenvalue weighted by Crippen LogP contribution is 2.34. The number of nitrogens with zero attached hydrogens (tertiary/aromatic N) is 5. The van der Waals surface area contributed by atoms with Gasteiger partial charge in [0.2, 0.25) is 5.28 Å². The van der Waals surface area contributed by atoms with E-state index in [0.29, 0.717) is 17.4 Å². The van der Waals surface area contributed by atoms with Gasteiger partial charge in [0.1, 0.15) is 0 Å². The molecule has 3 aliphatic rings. The van der Waals surface area contributed by atoms with E-state index in [9.17, 15) is 0 Å². The molecular weight excluding hydrogens is 422 g/mol. The number of rotatable bonds is 5. The van der Waals surface area contributed by atoms with Crippen LogP contribution >= 0.6 is 22.9 Å². The van der Waals surface area contributed by atoms with Crippen molar-refractivity contribution >= 4 is 39.0 Å². The van der Waals surface area contributed by atoms with Gasteiger partial charge in [-0.25, -0.2) is 4.98 Å². The maximum absolute atomic E-state index is 6.24. The molecule has 0 spiro atoms. The first kappa shape index (κ1) is 20.8. The monoisotopic (exact) mass is 451 g/mol. The summed E-state index contributed by atoms with van der Waals surface area (Å²) < 4.78 is 12.2. The largest absolute Gasteiger partial charge is 0.380 e. The second-order valence-corrected chi connectivity index (χ2v) is 10.0. The van der Waals surface area contributed by atoms with Crippen LogP contribution in [0.3, 0.4) is 0 Å². The number of piperidine rings is 1. The van der Waals surface area contributed by atoms with Crippen LogP contribution in [0.25, 0.3) is 10.2 Å². The van der Waals surface area contributed by atoms with Gasteiger partial charge in [-0.15, -0.1) is 11.3 Å². The molecule has 0 N–H and O–H groups in total. The fourth-order valence-electron chi connectivity index (χ4n) is 4.85. The Labute approximate surface area is 186 Å². The van der Waals surface area contributed by atoms with Gasteiger partial charge in [0.25, 0.3) is 0 Å². The van der Waals surface area contributed by atoms with Crippen LogP contribution in [-0.4, -0.2) is 91.5 Å². The van der Waals surface area contributed by atoms with Gasteiger partial charge in [0, 0.05) is 56.3 Å². The Hall–Kier alpha value is -1.03. The van der Waals surface area contributed by atoms with E-state index in [0.717, 1.165) is 75.2 Å². The molecule has 0 bridgehead atoms. The first-order valence-electron chi connectivity index (χ1n) is 11.0. The zero-order valence-electron chi connectivity index (χ0n) is 17.6. The van der Waals surface area contributed by atoms with Crippen molar-refractivity contribution in [3.63, 3.8) is 0 Å². The predicted molar refractivity (Wildman–Crippen MR) is 121 cm³/mol. The Morgan fingerprint density at radius 2 is 1.87 bits per heavy atom. The Kier molecular flexibility index (Phi) is 6.41.